The van der Waals surface area contributed by atoms with Crippen molar-refractivity contribution in [3.63, 3.8) is 0 Å². The summed E-state index contributed by atoms with van der Waals surface area (Å²) < 4.78 is 1.73. The van der Waals surface area contributed by atoms with Gasteiger partial charge in [0.25, 0.3) is 0 Å². The van der Waals surface area contributed by atoms with E-state index in [0.717, 1.165) is 31.5 Å². The minimum Gasteiger partial charge on any atom is -0.357 e. The van der Waals surface area contributed by atoms with E-state index in [1.165, 1.54) is 6.42 Å². The molecule has 138 valence electrons. The number of carbonyl (C=O) groups is 2. The molecular weight excluding hydrogens is 318 g/mol. The molecule has 0 bridgehead atoms. The first-order chi connectivity index (χ1) is 12.1. The van der Waals surface area contributed by atoms with Gasteiger partial charge in [0.1, 0.15) is 11.4 Å². The molecule has 2 heterocycles. The Morgan fingerprint density at radius 1 is 1.20 bits per heavy atom. The van der Waals surface area contributed by atoms with Gasteiger partial charge in [-0.2, -0.15) is 5.10 Å². The topological polar surface area (TPSA) is 79.3 Å². The molecule has 2 N–H and O–H groups in total. The van der Waals surface area contributed by atoms with E-state index in [1.807, 2.05) is 18.0 Å². The standard InChI is InChI=1S/C18H29N5O2/c1-19-17(25)18(21-15-8-11-20-22(15)2)9-12-23(13-10-18)16(24)14-6-4-3-5-7-14/h8,11,14,21H,3-7,9-10,12-13H2,1-2H3,(H,19,25). The highest BCUT2D eigenvalue weighted by molar-refractivity contribution is 5.89. The third-order valence-electron chi connectivity index (χ3n) is 5.73. The highest BCUT2D eigenvalue weighted by atomic mass is 16.2. The van der Waals surface area contributed by atoms with E-state index in [-0.39, 0.29) is 17.7 Å². The first-order valence-electron chi connectivity index (χ1n) is 9.33. The summed E-state index contributed by atoms with van der Waals surface area (Å²) in [6.07, 6.45) is 8.53. The molecule has 3 rings (SSSR count). The lowest BCUT2D eigenvalue weighted by Crippen LogP contribution is -2.59. The first-order valence-corrected chi connectivity index (χ1v) is 9.33. The molecule has 1 aliphatic heterocycles. The van der Waals surface area contributed by atoms with Crippen molar-refractivity contribution in [3.05, 3.63) is 12.3 Å². The molecule has 0 aromatic carbocycles. The summed E-state index contributed by atoms with van der Waals surface area (Å²) in [5.41, 5.74) is -0.689. The molecule has 2 aliphatic rings. The number of piperidine rings is 1. The summed E-state index contributed by atoms with van der Waals surface area (Å²) in [4.78, 5) is 27.3. The zero-order valence-corrected chi connectivity index (χ0v) is 15.3. The van der Waals surface area contributed by atoms with E-state index < -0.39 is 5.54 Å². The number of likely N-dealkylation sites (tertiary alicyclic amines) is 1. The van der Waals surface area contributed by atoms with Gasteiger partial charge in [0.05, 0.1) is 6.20 Å². The lowest BCUT2D eigenvalue weighted by molar-refractivity contribution is -0.140. The summed E-state index contributed by atoms with van der Waals surface area (Å²) in [5, 5.41) is 10.3. The van der Waals surface area contributed by atoms with Crippen LogP contribution in [0.2, 0.25) is 0 Å². The zero-order chi connectivity index (χ0) is 17.9. The number of hydrogen-bond acceptors (Lipinski definition) is 4. The molecule has 0 unspecified atom stereocenters. The Labute approximate surface area is 149 Å². The number of anilines is 1. The number of carbonyl (C=O) groups excluding carboxylic acids is 2. The molecule has 1 aliphatic carbocycles. The lowest BCUT2D eigenvalue weighted by Gasteiger charge is -2.42. The third-order valence-corrected chi connectivity index (χ3v) is 5.73. The number of hydrogen-bond donors (Lipinski definition) is 2. The van der Waals surface area contributed by atoms with Crippen molar-refractivity contribution in [3.8, 4) is 0 Å². The van der Waals surface area contributed by atoms with Gasteiger partial charge in [-0.15, -0.1) is 0 Å². The normalized spacial score (nSPS) is 21.0. The van der Waals surface area contributed by atoms with Crippen LogP contribution in [0.5, 0.6) is 0 Å². The third kappa shape index (κ3) is 3.65. The fraction of sp³-hybridized carbons (Fsp3) is 0.722. The molecule has 2 amide bonds. The van der Waals surface area contributed by atoms with Gasteiger partial charge in [-0.3, -0.25) is 14.3 Å². The van der Waals surface area contributed by atoms with Crippen LogP contribution in [0, 0.1) is 5.92 Å². The van der Waals surface area contributed by atoms with Crippen LogP contribution < -0.4 is 10.6 Å². The average molecular weight is 347 g/mol. The van der Waals surface area contributed by atoms with Crippen molar-refractivity contribution in [2.24, 2.45) is 13.0 Å². The van der Waals surface area contributed by atoms with Crippen LogP contribution in [0.25, 0.3) is 0 Å². The van der Waals surface area contributed by atoms with Crippen LogP contribution in [0.4, 0.5) is 5.82 Å². The van der Waals surface area contributed by atoms with Gasteiger partial charge in [0.2, 0.25) is 11.8 Å². The van der Waals surface area contributed by atoms with Crippen molar-refractivity contribution in [2.45, 2.75) is 50.5 Å². The maximum Gasteiger partial charge on any atom is 0.245 e. The smallest absolute Gasteiger partial charge is 0.245 e. The molecule has 7 nitrogen and oxygen atoms in total. The summed E-state index contributed by atoms with van der Waals surface area (Å²) in [7, 11) is 3.51. The van der Waals surface area contributed by atoms with Gasteiger partial charge in [-0.05, 0) is 25.7 Å². The number of nitrogens with one attached hydrogen (secondary N) is 2. The molecule has 1 aromatic rings. The molecule has 0 atom stereocenters. The molecule has 1 saturated carbocycles. The second-order valence-electron chi connectivity index (χ2n) is 7.29. The number of likely N-dealkylation sites (N-methyl/N-ethyl adjacent to an activating group) is 1. The molecule has 25 heavy (non-hydrogen) atoms. The van der Waals surface area contributed by atoms with Crippen molar-refractivity contribution in [1.82, 2.24) is 20.0 Å². The second kappa shape index (κ2) is 7.45. The predicted molar refractivity (Wildman–Crippen MR) is 96.0 cm³/mol. The maximum absolute atomic E-state index is 12.8. The van der Waals surface area contributed by atoms with Gasteiger partial charge in [0, 0.05) is 39.2 Å². The highest BCUT2D eigenvalue weighted by Gasteiger charge is 2.43. The second-order valence-corrected chi connectivity index (χ2v) is 7.29. The van der Waals surface area contributed by atoms with E-state index in [1.54, 1.807) is 17.9 Å². The number of aromatic nitrogens is 2. The average Bonchev–Trinajstić information content (AvgIpc) is 3.06. The Bertz CT molecular complexity index is 613. The van der Waals surface area contributed by atoms with E-state index in [4.69, 9.17) is 0 Å². The zero-order valence-electron chi connectivity index (χ0n) is 15.3. The number of rotatable bonds is 4. The predicted octanol–water partition coefficient (Wildman–Crippen LogP) is 1.52. The van der Waals surface area contributed by atoms with E-state index in [0.29, 0.717) is 25.9 Å². The quantitative estimate of drug-likeness (QED) is 0.865. The van der Waals surface area contributed by atoms with Crippen LogP contribution in [-0.4, -0.2) is 52.2 Å². The van der Waals surface area contributed by atoms with E-state index in [2.05, 4.69) is 15.7 Å². The van der Waals surface area contributed by atoms with E-state index >= 15 is 0 Å². The van der Waals surface area contributed by atoms with Crippen LogP contribution in [0.15, 0.2) is 12.3 Å². The van der Waals surface area contributed by atoms with Gasteiger partial charge in [-0.25, -0.2) is 0 Å². The summed E-state index contributed by atoms with van der Waals surface area (Å²) in [5.74, 6) is 1.26. The van der Waals surface area contributed by atoms with Gasteiger partial charge >= 0.3 is 0 Å². The lowest BCUT2D eigenvalue weighted by atomic mass is 9.84. The van der Waals surface area contributed by atoms with Gasteiger partial charge in [0.15, 0.2) is 0 Å². The molecule has 7 heteroatoms. The summed E-state index contributed by atoms with van der Waals surface area (Å²) in [6, 6.07) is 1.87. The van der Waals surface area contributed by atoms with Crippen molar-refractivity contribution >= 4 is 17.6 Å². The highest BCUT2D eigenvalue weighted by Crippen LogP contribution is 2.31. The van der Waals surface area contributed by atoms with Crippen molar-refractivity contribution in [1.29, 1.82) is 0 Å². The van der Waals surface area contributed by atoms with Crippen LogP contribution in [0.3, 0.4) is 0 Å². The van der Waals surface area contributed by atoms with Gasteiger partial charge in [-0.1, -0.05) is 19.3 Å². The first kappa shape index (κ1) is 17.8. The Hall–Kier alpha value is -2.05. The largest absolute Gasteiger partial charge is 0.357 e. The Balaban J connectivity index is 1.68. The molecule has 0 spiro atoms. The number of nitrogens with zero attached hydrogens (tertiary/aromatic N) is 3. The van der Waals surface area contributed by atoms with Crippen molar-refractivity contribution < 1.29 is 9.59 Å². The molecular formula is C18H29N5O2. The number of aryl methyl sites for hydroxylation is 1. The Kier molecular flexibility index (Phi) is 5.30. The Morgan fingerprint density at radius 2 is 1.88 bits per heavy atom. The molecule has 1 aromatic heterocycles. The summed E-state index contributed by atoms with van der Waals surface area (Å²) >= 11 is 0. The number of amides is 2. The van der Waals surface area contributed by atoms with Gasteiger partial charge < -0.3 is 15.5 Å². The summed E-state index contributed by atoms with van der Waals surface area (Å²) in [6.45, 7) is 1.24. The molecule has 1 saturated heterocycles. The van der Waals surface area contributed by atoms with Crippen LogP contribution in [-0.2, 0) is 16.6 Å². The maximum atomic E-state index is 12.8. The Morgan fingerprint density at radius 3 is 2.44 bits per heavy atom. The van der Waals surface area contributed by atoms with Crippen LogP contribution >= 0.6 is 0 Å². The van der Waals surface area contributed by atoms with Crippen molar-refractivity contribution in [2.75, 3.05) is 25.5 Å². The molecule has 0 radical (unpaired) electrons. The fourth-order valence-electron chi connectivity index (χ4n) is 4.11. The fourth-order valence-corrected chi connectivity index (χ4v) is 4.11. The van der Waals surface area contributed by atoms with Crippen LogP contribution in [0.1, 0.15) is 44.9 Å². The molecule has 2 fully saturated rings. The monoisotopic (exact) mass is 347 g/mol. The SMILES string of the molecule is CNC(=O)C1(Nc2ccnn2C)CCN(C(=O)C2CCCCC2)CC1. The minimum atomic E-state index is -0.689. The van der Waals surface area contributed by atoms with E-state index in [9.17, 15) is 9.59 Å². The minimum absolute atomic E-state index is 0.0292.